The highest BCUT2D eigenvalue weighted by molar-refractivity contribution is 5.97. The monoisotopic (exact) mass is 542 g/mol. The van der Waals surface area contributed by atoms with Crippen LogP contribution in [0.4, 0.5) is 17.6 Å². The minimum Gasteiger partial charge on any atom is -0.475 e. The lowest BCUT2D eigenvalue weighted by Gasteiger charge is -2.31. The third kappa shape index (κ3) is 11.4. The molecule has 0 aliphatic carbocycles. The highest BCUT2D eigenvalue weighted by Crippen LogP contribution is 2.15. The summed E-state index contributed by atoms with van der Waals surface area (Å²) in [7, 11) is 1.66. The number of nitrogens with one attached hydrogen (secondary N) is 1. The molecule has 8 nitrogen and oxygen atoms in total. The molecule has 0 bridgehead atoms. The Morgan fingerprint density at radius 3 is 2.08 bits per heavy atom. The molecule has 1 fully saturated rings. The fourth-order valence-electron chi connectivity index (χ4n) is 3.53. The van der Waals surface area contributed by atoms with Crippen LogP contribution in [0.2, 0.25) is 0 Å². The standard InChI is InChI=1S/C24H29FN2O4.C2HF3O2/c1-30-16-19-4-2-18(3-5-19)14-26-24(29)17-31-22-10-12-27(13-11-22)15-23(28)20-6-8-21(25)9-7-20;3-2(4,5)1(6)7/h2-9,22H,10-17H2,1H3,(H,26,29);(H,6,7). The number of hydrogen-bond acceptors (Lipinski definition) is 6. The van der Waals surface area contributed by atoms with Gasteiger partial charge in [0.2, 0.25) is 5.91 Å². The van der Waals surface area contributed by atoms with Gasteiger partial charge in [-0.15, -0.1) is 0 Å². The number of carboxylic acids is 1. The van der Waals surface area contributed by atoms with Crippen LogP contribution in [0.15, 0.2) is 48.5 Å². The summed E-state index contributed by atoms with van der Waals surface area (Å²) in [6, 6.07) is 13.5. The van der Waals surface area contributed by atoms with Crippen molar-refractivity contribution >= 4 is 17.7 Å². The number of halogens is 4. The second kappa shape index (κ2) is 15.2. The van der Waals surface area contributed by atoms with Crippen LogP contribution in [0.25, 0.3) is 0 Å². The fraction of sp³-hybridized carbons (Fsp3) is 0.423. The van der Waals surface area contributed by atoms with Crippen molar-refractivity contribution in [2.45, 2.75) is 38.3 Å². The Bertz CT molecular complexity index is 1040. The predicted molar refractivity (Wildman–Crippen MR) is 129 cm³/mol. The van der Waals surface area contributed by atoms with Gasteiger partial charge in [-0.3, -0.25) is 14.5 Å². The maximum Gasteiger partial charge on any atom is 0.490 e. The highest BCUT2D eigenvalue weighted by atomic mass is 19.4. The summed E-state index contributed by atoms with van der Waals surface area (Å²) in [6.45, 7) is 2.82. The predicted octanol–water partition coefficient (Wildman–Crippen LogP) is 3.59. The molecule has 0 unspecified atom stereocenters. The average Bonchev–Trinajstić information content (AvgIpc) is 2.88. The van der Waals surface area contributed by atoms with Gasteiger partial charge >= 0.3 is 12.1 Å². The van der Waals surface area contributed by atoms with Crippen LogP contribution in [0.5, 0.6) is 0 Å². The number of piperidine rings is 1. The molecule has 38 heavy (non-hydrogen) atoms. The molecule has 12 heteroatoms. The summed E-state index contributed by atoms with van der Waals surface area (Å²) in [5.74, 6) is -3.27. The summed E-state index contributed by atoms with van der Waals surface area (Å²) in [5, 5.41) is 10.00. The Balaban J connectivity index is 0.000000638. The van der Waals surface area contributed by atoms with Crippen LogP contribution in [0.3, 0.4) is 0 Å². The van der Waals surface area contributed by atoms with E-state index in [2.05, 4.69) is 10.2 Å². The number of nitrogens with zero attached hydrogens (tertiary/aromatic N) is 1. The molecular formula is C26H30F4N2O6. The second-order valence-corrected chi connectivity index (χ2v) is 8.55. The summed E-state index contributed by atoms with van der Waals surface area (Å²) in [6.07, 6.45) is -3.54. The number of aliphatic carboxylic acids is 1. The second-order valence-electron chi connectivity index (χ2n) is 8.55. The quantitative estimate of drug-likeness (QED) is 0.349. The van der Waals surface area contributed by atoms with Crippen molar-refractivity contribution < 1.29 is 46.5 Å². The van der Waals surface area contributed by atoms with E-state index in [1.165, 1.54) is 24.3 Å². The number of Topliss-reactive ketones (excluding diaryl/α,β-unsaturated/α-hetero) is 1. The van der Waals surface area contributed by atoms with Crippen LogP contribution < -0.4 is 5.32 Å². The third-order valence-electron chi connectivity index (χ3n) is 5.58. The Labute approximate surface area is 217 Å². The molecule has 1 aliphatic heterocycles. The number of likely N-dealkylation sites (tertiary alicyclic amines) is 1. The van der Waals surface area contributed by atoms with Crippen LogP contribution in [0.1, 0.15) is 34.3 Å². The minimum atomic E-state index is -5.08. The van der Waals surface area contributed by atoms with Gasteiger partial charge in [0.05, 0.1) is 19.3 Å². The first-order valence-electron chi connectivity index (χ1n) is 11.7. The molecule has 1 amide bonds. The van der Waals surface area contributed by atoms with Gasteiger partial charge in [-0.2, -0.15) is 13.2 Å². The normalized spacial score (nSPS) is 14.3. The highest BCUT2D eigenvalue weighted by Gasteiger charge is 2.38. The van der Waals surface area contributed by atoms with E-state index >= 15 is 0 Å². The molecule has 0 spiro atoms. The topological polar surface area (TPSA) is 105 Å². The molecule has 1 heterocycles. The molecule has 0 atom stereocenters. The van der Waals surface area contributed by atoms with E-state index in [-0.39, 0.29) is 30.2 Å². The molecule has 0 radical (unpaired) electrons. The first-order valence-corrected chi connectivity index (χ1v) is 11.7. The first-order chi connectivity index (χ1) is 18.0. The van der Waals surface area contributed by atoms with E-state index in [0.717, 1.165) is 37.1 Å². The van der Waals surface area contributed by atoms with Crippen LogP contribution in [0, 0.1) is 5.82 Å². The molecule has 1 saturated heterocycles. The SMILES string of the molecule is COCc1ccc(CNC(=O)COC2CCN(CC(=O)c3ccc(F)cc3)CC2)cc1.O=C(O)C(F)(F)F. The average molecular weight is 543 g/mol. The maximum absolute atomic E-state index is 13.0. The smallest absolute Gasteiger partial charge is 0.475 e. The molecule has 2 N–H and O–H groups in total. The van der Waals surface area contributed by atoms with E-state index < -0.39 is 12.1 Å². The minimum absolute atomic E-state index is 0.0104. The van der Waals surface area contributed by atoms with E-state index in [4.69, 9.17) is 19.4 Å². The fourth-order valence-corrected chi connectivity index (χ4v) is 3.53. The Morgan fingerprint density at radius 1 is 1.00 bits per heavy atom. The van der Waals surface area contributed by atoms with Crippen molar-refractivity contribution in [3.63, 3.8) is 0 Å². The number of carbonyl (C=O) groups excluding carboxylic acids is 2. The van der Waals surface area contributed by atoms with Crippen molar-refractivity contribution in [1.82, 2.24) is 10.2 Å². The van der Waals surface area contributed by atoms with Crippen LogP contribution in [-0.4, -0.2) is 73.3 Å². The summed E-state index contributed by atoms with van der Waals surface area (Å²) in [4.78, 5) is 35.4. The Kier molecular flexibility index (Phi) is 12.3. The van der Waals surface area contributed by atoms with Gasteiger partial charge < -0.3 is 19.9 Å². The van der Waals surface area contributed by atoms with E-state index in [0.29, 0.717) is 25.3 Å². The zero-order chi connectivity index (χ0) is 28.1. The van der Waals surface area contributed by atoms with Gasteiger partial charge in [-0.05, 0) is 48.2 Å². The molecule has 3 rings (SSSR count). The molecule has 2 aromatic carbocycles. The van der Waals surface area contributed by atoms with Crippen LogP contribution in [-0.2, 0) is 32.2 Å². The number of ketones is 1. The number of carbonyl (C=O) groups is 3. The summed E-state index contributed by atoms with van der Waals surface area (Å²) in [5.41, 5.74) is 2.63. The van der Waals surface area contributed by atoms with Gasteiger partial charge in [0, 0.05) is 32.3 Å². The molecule has 1 aliphatic rings. The van der Waals surface area contributed by atoms with Gasteiger partial charge in [0.1, 0.15) is 12.4 Å². The van der Waals surface area contributed by atoms with Crippen molar-refractivity contribution in [2.24, 2.45) is 0 Å². The molecule has 208 valence electrons. The summed E-state index contributed by atoms with van der Waals surface area (Å²) >= 11 is 0. The van der Waals surface area contributed by atoms with E-state index in [9.17, 15) is 27.2 Å². The maximum atomic E-state index is 13.0. The lowest BCUT2D eigenvalue weighted by molar-refractivity contribution is -0.192. The number of amides is 1. The number of methoxy groups -OCH3 is 1. The lowest BCUT2D eigenvalue weighted by atomic mass is 10.1. The van der Waals surface area contributed by atoms with E-state index in [1.54, 1.807) is 7.11 Å². The Hall–Kier alpha value is -3.35. The molecule has 0 saturated carbocycles. The molecular weight excluding hydrogens is 512 g/mol. The summed E-state index contributed by atoms with van der Waals surface area (Å²) < 4.78 is 55.6. The van der Waals surface area contributed by atoms with Crippen molar-refractivity contribution in [2.75, 3.05) is 33.4 Å². The zero-order valence-corrected chi connectivity index (χ0v) is 20.8. The van der Waals surface area contributed by atoms with Gasteiger partial charge in [0.25, 0.3) is 0 Å². The van der Waals surface area contributed by atoms with E-state index in [1.807, 2.05) is 24.3 Å². The largest absolute Gasteiger partial charge is 0.490 e. The molecule has 2 aromatic rings. The molecule has 0 aromatic heterocycles. The number of rotatable bonds is 10. The Morgan fingerprint density at radius 2 is 1.55 bits per heavy atom. The van der Waals surface area contributed by atoms with Crippen molar-refractivity contribution in [3.8, 4) is 0 Å². The van der Waals surface area contributed by atoms with Crippen LogP contribution >= 0.6 is 0 Å². The number of ether oxygens (including phenoxy) is 2. The van der Waals surface area contributed by atoms with Gasteiger partial charge in [-0.1, -0.05) is 24.3 Å². The zero-order valence-electron chi connectivity index (χ0n) is 20.8. The van der Waals surface area contributed by atoms with Crippen molar-refractivity contribution in [3.05, 3.63) is 71.0 Å². The number of benzene rings is 2. The first kappa shape index (κ1) is 30.9. The van der Waals surface area contributed by atoms with Gasteiger partial charge in [0.15, 0.2) is 5.78 Å². The number of alkyl halides is 3. The van der Waals surface area contributed by atoms with Gasteiger partial charge in [-0.25, -0.2) is 9.18 Å². The van der Waals surface area contributed by atoms with Crippen molar-refractivity contribution in [1.29, 1.82) is 0 Å². The lowest BCUT2D eigenvalue weighted by Crippen LogP contribution is -2.41. The number of hydrogen-bond donors (Lipinski definition) is 2. The number of carboxylic acid groups (broad SMARTS) is 1. The third-order valence-corrected chi connectivity index (χ3v) is 5.58.